The lowest BCUT2D eigenvalue weighted by Crippen LogP contribution is -2.40. The summed E-state index contributed by atoms with van der Waals surface area (Å²) in [7, 11) is 0. The second-order valence-corrected chi connectivity index (χ2v) is 5.23. The summed E-state index contributed by atoms with van der Waals surface area (Å²) >= 11 is 0. The van der Waals surface area contributed by atoms with E-state index in [1.807, 2.05) is 0 Å². The molecule has 1 aromatic carbocycles. The maximum atomic E-state index is 11.9. The first-order valence-electron chi connectivity index (χ1n) is 7.81. The summed E-state index contributed by atoms with van der Waals surface area (Å²) in [6.07, 6.45) is 2.42. The van der Waals surface area contributed by atoms with E-state index in [9.17, 15) is 9.90 Å². The zero-order valence-corrected chi connectivity index (χ0v) is 15.7. The Labute approximate surface area is 154 Å². The van der Waals surface area contributed by atoms with Crippen LogP contribution < -0.4 is 10.6 Å². The normalized spacial score (nSPS) is 14.3. The minimum Gasteiger partial charge on any atom is -0.508 e. The number of rotatable bonds is 5. The molecule has 0 radical (unpaired) electrons. The fourth-order valence-corrected chi connectivity index (χ4v) is 2.40. The molecule has 1 saturated heterocycles. The molecule has 1 aliphatic rings. The van der Waals surface area contributed by atoms with E-state index in [4.69, 9.17) is 0 Å². The fourth-order valence-electron chi connectivity index (χ4n) is 2.40. The maximum Gasteiger partial charge on any atom is 0.251 e. The van der Waals surface area contributed by atoms with Gasteiger partial charge in [0.1, 0.15) is 5.75 Å². The first-order chi connectivity index (χ1) is 10.7. The molecule has 0 bridgehead atoms. The molecule has 0 aliphatic carbocycles. The summed E-state index contributed by atoms with van der Waals surface area (Å²) in [5.41, 5.74) is 0.535. The van der Waals surface area contributed by atoms with Gasteiger partial charge in [0.2, 0.25) is 0 Å². The van der Waals surface area contributed by atoms with Crippen molar-refractivity contribution in [1.29, 1.82) is 0 Å². The number of hydrogen-bond acceptors (Lipinski definition) is 3. The Morgan fingerprint density at radius 3 is 2.48 bits per heavy atom. The first-order valence-corrected chi connectivity index (χ1v) is 7.81. The van der Waals surface area contributed by atoms with Crippen LogP contribution in [0.4, 0.5) is 0 Å². The molecule has 1 heterocycles. The molecule has 0 saturated carbocycles. The van der Waals surface area contributed by atoms with Crippen LogP contribution in [0.1, 0.15) is 30.1 Å². The van der Waals surface area contributed by atoms with E-state index in [1.54, 1.807) is 12.1 Å². The highest BCUT2D eigenvalue weighted by Gasteiger charge is 2.15. The summed E-state index contributed by atoms with van der Waals surface area (Å²) in [5.74, 6) is 0.933. The summed E-state index contributed by atoms with van der Waals surface area (Å²) in [5, 5.41) is 15.3. The third kappa shape index (κ3) is 6.25. The monoisotopic (exact) mass is 432 g/mol. The van der Waals surface area contributed by atoms with Crippen molar-refractivity contribution in [3.8, 4) is 5.75 Å². The number of phenolic OH excluding ortho intramolecular Hbond substituents is 1. The number of halogens is 1. The molecule has 1 amide bonds. The number of nitrogens with one attached hydrogen (secondary N) is 2. The number of nitrogens with zero attached hydrogens (tertiary/aromatic N) is 2. The minimum atomic E-state index is -0.152. The van der Waals surface area contributed by atoms with E-state index in [0.717, 1.165) is 25.6 Å². The zero-order chi connectivity index (χ0) is 15.8. The highest BCUT2D eigenvalue weighted by Crippen LogP contribution is 2.09. The van der Waals surface area contributed by atoms with Gasteiger partial charge in [-0.3, -0.25) is 9.79 Å². The second kappa shape index (κ2) is 10.3. The molecule has 6 nitrogen and oxygen atoms in total. The largest absolute Gasteiger partial charge is 0.508 e. The van der Waals surface area contributed by atoms with Gasteiger partial charge in [-0.25, -0.2) is 0 Å². The van der Waals surface area contributed by atoms with Gasteiger partial charge in [-0.1, -0.05) is 0 Å². The fraction of sp³-hybridized carbons (Fsp3) is 0.500. The van der Waals surface area contributed by atoms with Gasteiger partial charge in [-0.15, -0.1) is 24.0 Å². The number of aliphatic imine (C=N–C) groups is 1. The number of guanidine groups is 1. The molecule has 7 heteroatoms. The average Bonchev–Trinajstić information content (AvgIpc) is 3.05. The smallest absolute Gasteiger partial charge is 0.251 e. The van der Waals surface area contributed by atoms with Crippen LogP contribution in [0.2, 0.25) is 0 Å². The van der Waals surface area contributed by atoms with E-state index in [0.29, 0.717) is 18.7 Å². The predicted octanol–water partition coefficient (Wildman–Crippen LogP) is 1.80. The number of likely N-dealkylation sites (tertiary alicyclic amines) is 1. The number of hydrogen-bond donors (Lipinski definition) is 3. The van der Waals surface area contributed by atoms with Crippen LogP contribution in [0.3, 0.4) is 0 Å². The summed E-state index contributed by atoms with van der Waals surface area (Å²) in [6, 6.07) is 6.21. The zero-order valence-electron chi connectivity index (χ0n) is 13.4. The van der Waals surface area contributed by atoms with Crippen molar-refractivity contribution in [2.45, 2.75) is 19.8 Å². The topological polar surface area (TPSA) is 77.0 Å². The van der Waals surface area contributed by atoms with Crippen molar-refractivity contribution in [2.75, 3.05) is 32.7 Å². The van der Waals surface area contributed by atoms with Gasteiger partial charge in [0.05, 0.1) is 6.54 Å². The Morgan fingerprint density at radius 2 is 1.87 bits per heavy atom. The number of aromatic hydroxyl groups is 1. The third-order valence-corrected chi connectivity index (χ3v) is 3.53. The van der Waals surface area contributed by atoms with Crippen LogP contribution >= 0.6 is 24.0 Å². The molecule has 0 atom stereocenters. The van der Waals surface area contributed by atoms with Crippen LogP contribution in [0.25, 0.3) is 0 Å². The molecule has 2 rings (SSSR count). The molecule has 1 aromatic rings. The molecule has 23 heavy (non-hydrogen) atoms. The molecule has 0 spiro atoms. The Morgan fingerprint density at radius 1 is 1.22 bits per heavy atom. The van der Waals surface area contributed by atoms with E-state index < -0.39 is 0 Å². The molecule has 128 valence electrons. The summed E-state index contributed by atoms with van der Waals surface area (Å²) in [6.45, 7) is 6.02. The number of carbonyl (C=O) groups excluding carboxylic acids is 1. The van der Waals surface area contributed by atoms with E-state index >= 15 is 0 Å². The van der Waals surface area contributed by atoms with Crippen LogP contribution in [0.15, 0.2) is 29.3 Å². The Kier molecular flexibility index (Phi) is 8.75. The molecule has 0 aromatic heterocycles. The molecular formula is C16H25IN4O2. The van der Waals surface area contributed by atoms with Crippen molar-refractivity contribution in [3.05, 3.63) is 29.8 Å². The van der Waals surface area contributed by atoms with Crippen LogP contribution in [-0.4, -0.2) is 54.6 Å². The van der Waals surface area contributed by atoms with Crippen molar-refractivity contribution in [2.24, 2.45) is 4.99 Å². The van der Waals surface area contributed by atoms with Gasteiger partial charge in [0, 0.05) is 31.7 Å². The molecule has 1 aliphatic heterocycles. The van der Waals surface area contributed by atoms with E-state index in [2.05, 4.69) is 27.4 Å². The highest BCUT2D eigenvalue weighted by molar-refractivity contribution is 14.0. The first kappa shape index (κ1) is 19.5. The third-order valence-electron chi connectivity index (χ3n) is 3.53. The van der Waals surface area contributed by atoms with Gasteiger partial charge in [0.25, 0.3) is 5.91 Å². The van der Waals surface area contributed by atoms with E-state index in [1.165, 1.54) is 25.0 Å². The van der Waals surface area contributed by atoms with Crippen molar-refractivity contribution < 1.29 is 9.90 Å². The second-order valence-electron chi connectivity index (χ2n) is 5.23. The molecule has 3 N–H and O–H groups in total. The molecule has 1 fully saturated rings. The quantitative estimate of drug-likeness (QED) is 0.287. The lowest BCUT2D eigenvalue weighted by atomic mass is 10.2. The Hall–Kier alpha value is -1.51. The van der Waals surface area contributed by atoms with Gasteiger partial charge < -0.3 is 20.6 Å². The predicted molar refractivity (Wildman–Crippen MR) is 103 cm³/mol. The van der Waals surface area contributed by atoms with Gasteiger partial charge >= 0.3 is 0 Å². The number of phenols is 1. The lowest BCUT2D eigenvalue weighted by molar-refractivity contribution is 0.0955. The molecular weight excluding hydrogens is 407 g/mol. The summed E-state index contributed by atoms with van der Waals surface area (Å²) in [4.78, 5) is 18.7. The highest BCUT2D eigenvalue weighted by atomic mass is 127. The van der Waals surface area contributed by atoms with Gasteiger partial charge in [-0.05, 0) is 44.0 Å². The van der Waals surface area contributed by atoms with Gasteiger partial charge in [0.15, 0.2) is 5.96 Å². The minimum absolute atomic E-state index is 0. The number of amides is 1. The SMILES string of the molecule is CCNC(=NCCNC(=O)c1ccc(O)cc1)N1CCCC1.I. The van der Waals surface area contributed by atoms with E-state index in [-0.39, 0.29) is 35.6 Å². The Balaban J connectivity index is 0.00000264. The van der Waals surface area contributed by atoms with Crippen LogP contribution in [0, 0.1) is 0 Å². The number of benzene rings is 1. The van der Waals surface area contributed by atoms with Crippen LogP contribution in [0.5, 0.6) is 5.75 Å². The molecule has 0 unspecified atom stereocenters. The average molecular weight is 432 g/mol. The number of carbonyl (C=O) groups is 1. The van der Waals surface area contributed by atoms with Gasteiger partial charge in [-0.2, -0.15) is 0 Å². The van der Waals surface area contributed by atoms with Crippen LogP contribution in [-0.2, 0) is 0 Å². The maximum absolute atomic E-state index is 11.9. The lowest BCUT2D eigenvalue weighted by Gasteiger charge is -2.20. The van der Waals surface area contributed by atoms with Crippen molar-refractivity contribution >= 4 is 35.8 Å². The standard InChI is InChI=1S/C16H24N4O2.HI/c1-2-17-16(20-11-3-4-12-20)19-10-9-18-15(22)13-5-7-14(21)8-6-13;/h5-8,21H,2-4,9-12H2,1H3,(H,17,19)(H,18,22);1H. The summed E-state index contributed by atoms with van der Waals surface area (Å²) < 4.78 is 0. The Bertz CT molecular complexity index is 513. The van der Waals surface area contributed by atoms with Crippen molar-refractivity contribution in [1.82, 2.24) is 15.5 Å². The van der Waals surface area contributed by atoms with Crippen molar-refractivity contribution in [3.63, 3.8) is 0 Å².